The monoisotopic (exact) mass is 303 g/mol. The van der Waals surface area contributed by atoms with Crippen LogP contribution in [0.1, 0.15) is 5.56 Å². The minimum absolute atomic E-state index is 0.212. The number of rotatable bonds is 3. The lowest BCUT2D eigenvalue weighted by Gasteiger charge is -2.09. The molecule has 0 radical (unpaired) electrons. The number of halogens is 3. The van der Waals surface area contributed by atoms with Crippen LogP contribution in [0.15, 0.2) is 24.8 Å². The van der Waals surface area contributed by atoms with Gasteiger partial charge in [0.15, 0.2) is 0 Å². The van der Waals surface area contributed by atoms with Crippen LogP contribution in [-0.4, -0.2) is 24.6 Å². The summed E-state index contributed by atoms with van der Waals surface area (Å²) in [5, 5.41) is 25.3. The van der Waals surface area contributed by atoms with E-state index in [-0.39, 0.29) is 12.1 Å². The van der Waals surface area contributed by atoms with E-state index in [4.69, 9.17) is 0 Å². The molecule has 0 aliphatic carbocycles. The van der Waals surface area contributed by atoms with Gasteiger partial charge >= 0.3 is 17.6 Å². The Bertz CT molecular complexity index is 678. The normalized spacial score (nSPS) is 11.4. The molecule has 2 aromatic rings. The molecular formula is C9H4F3N5O4. The molecule has 0 aliphatic rings. The summed E-state index contributed by atoms with van der Waals surface area (Å²) in [4.78, 5) is 23.0. The average Bonchev–Trinajstić information content (AvgIpc) is 2.89. The van der Waals surface area contributed by atoms with E-state index >= 15 is 0 Å². The fourth-order valence-electron chi connectivity index (χ4n) is 1.60. The number of hydrogen-bond donors (Lipinski definition) is 0. The van der Waals surface area contributed by atoms with Crippen LogP contribution < -0.4 is 0 Å². The third-order valence-electron chi connectivity index (χ3n) is 2.44. The molecular weight excluding hydrogens is 299 g/mol. The summed E-state index contributed by atoms with van der Waals surface area (Å²) in [6, 6.07) is 0.425. The van der Waals surface area contributed by atoms with Crippen molar-refractivity contribution in [2.24, 2.45) is 0 Å². The molecule has 2 rings (SSSR count). The van der Waals surface area contributed by atoms with Crippen LogP contribution >= 0.6 is 0 Å². The predicted molar refractivity (Wildman–Crippen MR) is 59.7 cm³/mol. The average molecular weight is 303 g/mol. The molecule has 9 nitrogen and oxygen atoms in total. The van der Waals surface area contributed by atoms with Crippen LogP contribution in [0.5, 0.6) is 0 Å². The molecule has 0 saturated carbocycles. The second kappa shape index (κ2) is 4.81. The summed E-state index contributed by atoms with van der Waals surface area (Å²) in [6.07, 6.45) is -3.12. The first-order valence-electron chi connectivity index (χ1n) is 5.11. The van der Waals surface area contributed by atoms with E-state index in [0.717, 1.165) is 12.7 Å². The van der Waals surface area contributed by atoms with E-state index < -0.39 is 38.6 Å². The van der Waals surface area contributed by atoms with Gasteiger partial charge in [-0.2, -0.15) is 18.3 Å². The van der Waals surface area contributed by atoms with Crippen molar-refractivity contribution in [3.8, 4) is 5.69 Å². The van der Waals surface area contributed by atoms with Crippen molar-refractivity contribution in [1.82, 2.24) is 14.8 Å². The highest BCUT2D eigenvalue weighted by atomic mass is 19.4. The molecule has 0 spiro atoms. The van der Waals surface area contributed by atoms with Crippen LogP contribution in [0.4, 0.5) is 24.5 Å². The number of nitrogens with zero attached hydrogens (tertiary/aromatic N) is 5. The Morgan fingerprint density at radius 1 is 1.10 bits per heavy atom. The van der Waals surface area contributed by atoms with Gasteiger partial charge in [-0.15, -0.1) is 0 Å². The molecule has 1 aromatic carbocycles. The van der Waals surface area contributed by atoms with E-state index in [1.807, 2.05) is 0 Å². The number of nitro groups is 2. The molecule has 0 bridgehead atoms. The van der Waals surface area contributed by atoms with Crippen molar-refractivity contribution in [2.75, 3.05) is 0 Å². The summed E-state index contributed by atoms with van der Waals surface area (Å²) >= 11 is 0. The minimum Gasteiger partial charge on any atom is -0.258 e. The van der Waals surface area contributed by atoms with Crippen molar-refractivity contribution >= 4 is 11.4 Å². The van der Waals surface area contributed by atoms with Crippen molar-refractivity contribution in [3.63, 3.8) is 0 Å². The summed E-state index contributed by atoms with van der Waals surface area (Å²) in [7, 11) is 0. The van der Waals surface area contributed by atoms with Gasteiger partial charge in [0, 0.05) is 12.1 Å². The molecule has 0 unspecified atom stereocenters. The number of alkyl halides is 3. The highest BCUT2D eigenvalue weighted by molar-refractivity contribution is 5.66. The van der Waals surface area contributed by atoms with Crippen LogP contribution in [0, 0.1) is 20.2 Å². The summed E-state index contributed by atoms with van der Waals surface area (Å²) in [5.41, 5.74) is -4.38. The maximum absolute atomic E-state index is 12.7. The molecule has 21 heavy (non-hydrogen) atoms. The minimum atomic E-state index is -4.96. The largest absolute Gasteiger partial charge is 0.416 e. The Balaban J connectivity index is 2.85. The molecule has 12 heteroatoms. The van der Waals surface area contributed by atoms with Crippen LogP contribution in [-0.2, 0) is 6.18 Å². The molecule has 0 atom stereocenters. The summed E-state index contributed by atoms with van der Waals surface area (Å²) in [5.74, 6) is 0. The predicted octanol–water partition coefficient (Wildman–Crippen LogP) is 2.10. The number of hydrogen-bond acceptors (Lipinski definition) is 6. The van der Waals surface area contributed by atoms with Crippen molar-refractivity contribution in [1.29, 1.82) is 0 Å². The number of aromatic nitrogens is 3. The lowest BCUT2D eigenvalue weighted by Crippen LogP contribution is -2.11. The number of nitro benzene ring substituents is 2. The second-order valence-corrected chi connectivity index (χ2v) is 3.72. The van der Waals surface area contributed by atoms with Crippen molar-refractivity contribution in [3.05, 3.63) is 50.6 Å². The van der Waals surface area contributed by atoms with E-state index in [2.05, 4.69) is 10.1 Å². The fraction of sp³-hybridized carbons (Fsp3) is 0.111. The quantitative estimate of drug-likeness (QED) is 0.633. The molecule has 0 N–H and O–H groups in total. The maximum Gasteiger partial charge on any atom is 0.416 e. The fourth-order valence-corrected chi connectivity index (χ4v) is 1.60. The standard InChI is InChI=1S/C9H4F3N5O4/c10-9(11,12)5-1-6(16(18)19)8(7(2-5)17(20)21)15-4-13-3-14-15/h1-4H. The van der Waals surface area contributed by atoms with Gasteiger partial charge in [-0.3, -0.25) is 20.2 Å². The Kier molecular flexibility index (Phi) is 3.29. The van der Waals surface area contributed by atoms with Crippen LogP contribution in [0.25, 0.3) is 5.69 Å². The van der Waals surface area contributed by atoms with Gasteiger partial charge in [0.2, 0.25) is 5.69 Å². The van der Waals surface area contributed by atoms with Gasteiger partial charge in [0.1, 0.15) is 12.7 Å². The van der Waals surface area contributed by atoms with E-state index in [0.29, 0.717) is 4.68 Å². The summed E-state index contributed by atoms with van der Waals surface area (Å²) in [6.45, 7) is 0. The maximum atomic E-state index is 12.7. The lowest BCUT2D eigenvalue weighted by molar-refractivity contribution is -0.394. The first-order chi connectivity index (χ1) is 9.71. The molecule has 110 valence electrons. The molecule has 0 fully saturated rings. The van der Waals surface area contributed by atoms with Gasteiger partial charge in [-0.1, -0.05) is 0 Å². The third kappa shape index (κ3) is 2.63. The zero-order valence-electron chi connectivity index (χ0n) is 9.81. The van der Waals surface area contributed by atoms with E-state index in [9.17, 15) is 33.4 Å². The third-order valence-corrected chi connectivity index (χ3v) is 2.44. The molecule has 0 saturated heterocycles. The second-order valence-electron chi connectivity index (χ2n) is 3.72. The zero-order valence-corrected chi connectivity index (χ0v) is 9.81. The van der Waals surface area contributed by atoms with Gasteiger partial charge in [0.05, 0.1) is 15.4 Å². The smallest absolute Gasteiger partial charge is 0.258 e. The number of benzene rings is 1. The zero-order chi connectivity index (χ0) is 15.8. The Morgan fingerprint density at radius 3 is 1.95 bits per heavy atom. The van der Waals surface area contributed by atoms with Crippen LogP contribution in [0.2, 0.25) is 0 Å². The molecule has 1 aromatic heterocycles. The molecule has 0 aliphatic heterocycles. The summed E-state index contributed by atoms with van der Waals surface area (Å²) < 4.78 is 38.7. The van der Waals surface area contributed by atoms with Gasteiger partial charge in [-0.25, -0.2) is 9.67 Å². The van der Waals surface area contributed by atoms with Gasteiger partial charge in [0.25, 0.3) is 0 Å². The van der Waals surface area contributed by atoms with Crippen molar-refractivity contribution in [2.45, 2.75) is 6.18 Å². The molecule has 0 amide bonds. The Labute approximate surface area is 112 Å². The topological polar surface area (TPSA) is 117 Å². The van der Waals surface area contributed by atoms with Crippen molar-refractivity contribution < 1.29 is 23.0 Å². The van der Waals surface area contributed by atoms with Gasteiger partial charge < -0.3 is 0 Å². The lowest BCUT2D eigenvalue weighted by atomic mass is 10.1. The SMILES string of the molecule is O=[N+]([O-])c1cc(C(F)(F)F)cc([N+](=O)[O-])c1-n1cncn1. The van der Waals surface area contributed by atoms with E-state index in [1.165, 1.54) is 0 Å². The highest BCUT2D eigenvalue weighted by Crippen LogP contribution is 2.39. The van der Waals surface area contributed by atoms with Crippen LogP contribution in [0.3, 0.4) is 0 Å². The molecule has 1 heterocycles. The Hall–Kier alpha value is -3.05. The highest BCUT2D eigenvalue weighted by Gasteiger charge is 2.38. The Morgan fingerprint density at radius 2 is 1.62 bits per heavy atom. The first kappa shape index (κ1) is 14.4. The van der Waals surface area contributed by atoms with E-state index in [1.54, 1.807) is 0 Å². The first-order valence-corrected chi connectivity index (χ1v) is 5.11. The van der Waals surface area contributed by atoms with Gasteiger partial charge in [-0.05, 0) is 0 Å².